The number of carbonyl (C=O) groups excluding carboxylic acids is 3. The molecular formula is C30H26BrN3O5. The van der Waals surface area contributed by atoms with E-state index in [0.29, 0.717) is 30.0 Å². The van der Waals surface area contributed by atoms with E-state index in [4.69, 9.17) is 10.5 Å². The first-order chi connectivity index (χ1) is 18.9. The molecule has 2 amide bonds. The summed E-state index contributed by atoms with van der Waals surface area (Å²) in [6.07, 6.45) is 2.00. The van der Waals surface area contributed by atoms with E-state index >= 15 is 0 Å². The Balaban J connectivity index is 0.000000181. The number of fused-ring (bicyclic) bond motifs is 2. The van der Waals surface area contributed by atoms with E-state index in [-0.39, 0.29) is 18.3 Å². The highest BCUT2D eigenvalue weighted by atomic mass is 79.9. The van der Waals surface area contributed by atoms with Crippen LogP contribution in [0, 0.1) is 0 Å². The van der Waals surface area contributed by atoms with E-state index in [1.54, 1.807) is 18.3 Å². The topological polar surface area (TPSA) is 121 Å². The van der Waals surface area contributed by atoms with Crippen molar-refractivity contribution in [2.45, 2.75) is 25.4 Å². The normalized spacial score (nSPS) is 12.3. The van der Waals surface area contributed by atoms with Crippen LogP contribution in [0.5, 0.6) is 5.75 Å². The fraction of sp³-hybridized carbons (Fsp3) is 0.167. The second-order valence-corrected chi connectivity index (χ2v) is 9.61. The summed E-state index contributed by atoms with van der Waals surface area (Å²) in [7, 11) is 1.32. The lowest BCUT2D eigenvalue weighted by Crippen LogP contribution is -2.23. The number of esters is 1. The molecule has 0 radical (unpaired) electrons. The highest BCUT2D eigenvalue weighted by molar-refractivity contribution is 9.10. The van der Waals surface area contributed by atoms with E-state index in [1.165, 1.54) is 7.11 Å². The van der Waals surface area contributed by atoms with Gasteiger partial charge in [-0.1, -0.05) is 58.4 Å². The van der Waals surface area contributed by atoms with Crippen LogP contribution in [0.25, 0.3) is 10.9 Å². The third kappa shape index (κ3) is 7.14. The van der Waals surface area contributed by atoms with Crippen molar-refractivity contribution in [3.8, 4) is 5.75 Å². The Hall–Kier alpha value is -4.37. The minimum Gasteiger partial charge on any atom is -0.488 e. The number of nitrogens with two attached hydrogens (primary N) is 1. The molecule has 9 heteroatoms. The Morgan fingerprint density at radius 2 is 1.74 bits per heavy atom. The Kier molecular flexibility index (Phi) is 9.17. The minimum atomic E-state index is -0.585. The van der Waals surface area contributed by atoms with Crippen LogP contribution < -0.4 is 10.5 Å². The van der Waals surface area contributed by atoms with E-state index in [2.05, 4.69) is 30.6 Å². The van der Waals surface area contributed by atoms with Crippen molar-refractivity contribution in [3.05, 3.63) is 106 Å². The molecule has 198 valence electrons. The molecule has 1 aromatic heterocycles. The summed E-state index contributed by atoms with van der Waals surface area (Å²) in [4.78, 5) is 42.5. The summed E-state index contributed by atoms with van der Waals surface area (Å²) in [6, 6.07) is 24.6. The zero-order chi connectivity index (χ0) is 27.8. The molecule has 0 fully saturated rings. The highest BCUT2D eigenvalue weighted by Crippen LogP contribution is 2.26. The Labute approximate surface area is 234 Å². The molecule has 1 unspecified atom stereocenters. The molecule has 0 saturated heterocycles. The minimum absolute atomic E-state index is 0.138. The standard InChI is InChI=1S/C15H10BrNO2.C15H16N2O3/c16-11-6-4-10(5-7-11)9-19-14-3-1-2-12-13(14)8-17-15(12)18;1-20-14(18)9-7-11(15(16)19)13-8-6-10-4-2-3-5-12(10)17-13/h1-8H,9H2;2-6,8,11H,7,9H2,1H3,(H2,16,19). The van der Waals surface area contributed by atoms with Crippen molar-refractivity contribution >= 4 is 50.8 Å². The quantitative estimate of drug-likeness (QED) is 0.277. The molecule has 39 heavy (non-hydrogen) atoms. The molecule has 8 nitrogen and oxygen atoms in total. The molecule has 5 rings (SSSR count). The van der Waals surface area contributed by atoms with Crippen molar-refractivity contribution in [2.75, 3.05) is 7.11 Å². The first-order valence-electron chi connectivity index (χ1n) is 12.2. The Bertz CT molecular complexity index is 1540. The third-order valence-corrected chi connectivity index (χ3v) is 6.63. The summed E-state index contributed by atoms with van der Waals surface area (Å²) in [6.45, 7) is 0.464. The largest absolute Gasteiger partial charge is 0.488 e. The predicted octanol–water partition coefficient (Wildman–Crippen LogP) is 5.36. The number of amides is 2. The number of pyridine rings is 1. The van der Waals surface area contributed by atoms with Crippen molar-refractivity contribution in [3.63, 3.8) is 0 Å². The van der Waals surface area contributed by atoms with Crippen molar-refractivity contribution < 1.29 is 23.9 Å². The maximum Gasteiger partial charge on any atom is 0.305 e. The van der Waals surface area contributed by atoms with Gasteiger partial charge >= 0.3 is 5.97 Å². The number of ether oxygens (including phenoxy) is 2. The lowest BCUT2D eigenvalue weighted by atomic mass is 9.97. The zero-order valence-electron chi connectivity index (χ0n) is 21.2. The first kappa shape index (κ1) is 27.7. The van der Waals surface area contributed by atoms with E-state index < -0.39 is 11.8 Å². The number of primary amides is 1. The van der Waals surface area contributed by atoms with Gasteiger partial charge in [0.2, 0.25) is 5.91 Å². The van der Waals surface area contributed by atoms with Crippen LogP contribution in [-0.4, -0.2) is 36.1 Å². The zero-order valence-corrected chi connectivity index (χ0v) is 22.8. The number of aromatic nitrogens is 1. The molecule has 4 aromatic rings. The summed E-state index contributed by atoms with van der Waals surface area (Å²) < 4.78 is 11.4. The molecule has 0 aliphatic carbocycles. The smallest absolute Gasteiger partial charge is 0.305 e. The van der Waals surface area contributed by atoms with Gasteiger partial charge in [-0.2, -0.15) is 0 Å². The summed E-state index contributed by atoms with van der Waals surface area (Å²) >= 11 is 3.39. The van der Waals surface area contributed by atoms with Crippen molar-refractivity contribution in [2.24, 2.45) is 10.7 Å². The number of benzene rings is 3. The maximum absolute atomic E-state index is 11.6. The Morgan fingerprint density at radius 3 is 2.49 bits per heavy atom. The van der Waals surface area contributed by atoms with Gasteiger partial charge in [-0.25, -0.2) is 4.99 Å². The highest BCUT2D eigenvalue weighted by Gasteiger charge is 2.21. The molecule has 1 aliphatic heterocycles. The van der Waals surface area contributed by atoms with Gasteiger partial charge in [0.1, 0.15) is 12.4 Å². The fourth-order valence-corrected chi connectivity index (χ4v) is 4.26. The number of carbonyl (C=O) groups is 3. The average Bonchev–Trinajstić information content (AvgIpc) is 3.34. The summed E-state index contributed by atoms with van der Waals surface area (Å²) in [5.41, 5.74) is 9.24. The third-order valence-electron chi connectivity index (χ3n) is 6.10. The number of hydrogen-bond acceptors (Lipinski definition) is 6. The van der Waals surface area contributed by atoms with Crippen LogP contribution in [0.4, 0.5) is 0 Å². The van der Waals surface area contributed by atoms with Crippen LogP contribution in [-0.2, 0) is 20.9 Å². The van der Waals surface area contributed by atoms with Crippen LogP contribution in [0.3, 0.4) is 0 Å². The van der Waals surface area contributed by atoms with Gasteiger partial charge in [-0.3, -0.25) is 19.4 Å². The number of nitrogens with zero attached hydrogens (tertiary/aromatic N) is 2. The molecular weight excluding hydrogens is 562 g/mol. The predicted molar refractivity (Wildman–Crippen MR) is 152 cm³/mol. The van der Waals surface area contributed by atoms with Gasteiger partial charge in [0.05, 0.1) is 29.8 Å². The van der Waals surface area contributed by atoms with E-state index in [9.17, 15) is 14.4 Å². The van der Waals surface area contributed by atoms with E-state index in [0.717, 1.165) is 26.5 Å². The van der Waals surface area contributed by atoms with Crippen molar-refractivity contribution in [1.82, 2.24) is 4.98 Å². The number of rotatable bonds is 8. The number of aliphatic imine (C=N–C) groups is 1. The van der Waals surface area contributed by atoms with Gasteiger partial charge in [0.25, 0.3) is 5.91 Å². The average molecular weight is 588 g/mol. The molecule has 2 N–H and O–H groups in total. The van der Waals surface area contributed by atoms with Gasteiger partial charge < -0.3 is 15.2 Å². The van der Waals surface area contributed by atoms with Crippen LogP contribution in [0.2, 0.25) is 0 Å². The molecule has 2 heterocycles. The SMILES string of the molecule is COC(=O)CCC(C(N)=O)c1ccc2ccccc2n1.O=C1N=Cc2c(OCc3ccc(Br)cc3)cccc21. The number of halogens is 1. The van der Waals surface area contributed by atoms with E-state index in [1.807, 2.05) is 66.7 Å². The Morgan fingerprint density at radius 1 is 0.974 bits per heavy atom. The summed E-state index contributed by atoms with van der Waals surface area (Å²) in [5.74, 6) is -0.952. The number of hydrogen-bond donors (Lipinski definition) is 1. The lowest BCUT2D eigenvalue weighted by Gasteiger charge is -2.12. The molecule has 0 spiro atoms. The van der Waals surface area contributed by atoms with Crippen LogP contribution in [0.15, 0.2) is 88.3 Å². The molecule has 1 aliphatic rings. The molecule has 1 atom stereocenters. The first-order valence-corrected chi connectivity index (χ1v) is 13.0. The number of methoxy groups -OCH3 is 1. The molecule has 3 aromatic carbocycles. The van der Waals surface area contributed by atoms with Crippen LogP contribution >= 0.6 is 15.9 Å². The molecule has 0 saturated carbocycles. The van der Waals surface area contributed by atoms with Gasteiger partial charge in [0, 0.05) is 28.1 Å². The number of para-hydroxylation sites is 1. The van der Waals surface area contributed by atoms with Crippen molar-refractivity contribution in [1.29, 1.82) is 0 Å². The summed E-state index contributed by atoms with van der Waals surface area (Å²) in [5, 5.41) is 0.993. The lowest BCUT2D eigenvalue weighted by molar-refractivity contribution is -0.140. The second-order valence-electron chi connectivity index (χ2n) is 8.69. The van der Waals surface area contributed by atoms with Gasteiger partial charge in [-0.05, 0) is 48.4 Å². The maximum atomic E-state index is 11.6. The van der Waals surface area contributed by atoms with Gasteiger partial charge in [0.15, 0.2) is 0 Å². The van der Waals surface area contributed by atoms with Gasteiger partial charge in [-0.15, -0.1) is 0 Å². The monoisotopic (exact) mass is 587 g/mol. The van der Waals surface area contributed by atoms with Crippen LogP contribution in [0.1, 0.15) is 45.9 Å². The fourth-order valence-electron chi connectivity index (χ4n) is 4.00. The molecule has 0 bridgehead atoms. The second kappa shape index (κ2) is 12.9.